The van der Waals surface area contributed by atoms with Crippen molar-refractivity contribution in [3.05, 3.63) is 0 Å². The van der Waals surface area contributed by atoms with E-state index in [4.69, 9.17) is 43.6 Å². The molecular weight excluding hydrogens is 529 g/mol. The molecule has 22 heteroatoms. The van der Waals surface area contributed by atoms with Gasteiger partial charge in [0.2, 0.25) is 0 Å². The summed E-state index contributed by atoms with van der Waals surface area (Å²) in [5.41, 5.74) is 0. The third kappa shape index (κ3) is 8.30. The molecule has 0 amide bonds. The SMILES string of the molecule is O=P(O)(O)O[C@@H]1[C@H](O)[C@@H](O[C@H]2[C@@H](OP(=O)(O)O)[C@H](O)O[C@@H]2CO)O[C@@H](CO)[C@H]1OP(=O)(O)O. The van der Waals surface area contributed by atoms with Crippen molar-refractivity contribution in [1.29, 1.82) is 0 Å². The van der Waals surface area contributed by atoms with Crippen molar-refractivity contribution < 1.29 is 91.3 Å². The molecule has 0 radical (unpaired) electrons. The topological polar surface area (TPSA) is 309 Å². The maximum absolute atomic E-state index is 11.3. The highest BCUT2D eigenvalue weighted by Crippen LogP contribution is 2.47. The molecule has 0 aromatic heterocycles. The Bertz CT molecular complexity index is 790. The van der Waals surface area contributed by atoms with Crippen LogP contribution in [-0.4, -0.2) is 118 Å². The van der Waals surface area contributed by atoms with E-state index in [1.165, 1.54) is 0 Å². The minimum atomic E-state index is -5.46. The normalized spacial score (nSPS) is 38.5. The molecule has 196 valence electrons. The van der Waals surface area contributed by atoms with Crippen LogP contribution in [0.1, 0.15) is 0 Å². The predicted octanol–water partition coefficient (Wildman–Crippen LogP) is -4.41. The fraction of sp³-hybridized carbons (Fsp3) is 1.00. The van der Waals surface area contributed by atoms with Gasteiger partial charge in [-0.3, -0.25) is 13.6 Å². The predicted molar refractivity (Wildman–Crippen MR) is 95.3 cm³/mol. The molecule has 2 heterocycles. The van der Waals surface area contributed by atoms with Crippen molar-refractivity contribution in [3.8, 4) is 0 Å². The molecule has 0 aromatic rings. The highest BCUT2D eigenvalue weighted by molar-refractivity contribution is 7.46. The Morgan fingerprint density at radius 1 is 0.636 bits per heavy atom. The number of hydrogen-bond acceptors (Lipinski definition) is 13. The summed E-state index contributed by atoms with van der Waals surface area (Å²) in [5, 5.41) is 39.2. The molecule has 0 spiro atoms. The van der Waals surface area contributed by atoms with Crippen LogP contribution in [-0.2, 0) is 41.5 Å². The van der Waals surface area contributed by atoms with E-state index < -0.39 is 92.0 Å². The van der Waals surface area contributed by atoms with Crippen molar-refractivity contribution >= 4 is 23.5 Å². The van der Waals surface area contributed by atoms with Gasteiger partial charge in [-0.2, -0.15) is 0 Å². The van der Waals surface area contributed by atoms with E-state index in [9.17, 15) is 34.1 Å². The molecule has 0 aliphatic carbocycles. The molecule has 2 saturated heterocycles. The molecule has 33 heavy (non-hydrogen) atoms. The van der Waals surface area contributed by atoms with Crippen LogP contribution in [0.3, 0.4) is 0 Å². The fourth-order valence-electron chi connectivity index (χ4n) is 3.16. The van der Waals surface area contributed by atoms with Gasteiger partial charge < -0.3 is 64.0 Å². The van der Waals surface area contributed by atoms with E-state index in [0.717, 1.165) is 0 Å². The second-order valence-electron chi connectivity index (χ2n) is 6.75. The largest absolute Gasteiger partial charge is 0.470 e. The lowest BCUT2D eigenvalue weighted by atomic mass is 9.99. The van der Waals surface area contributed by atoms with Gasteiger partial charge in [-0.25, -0.2) is 13.7 Å². The van der Waals surface area contributed by atoms with E-state index in [-0.39, 0.29) is 0 Å². The molecule has 0 bridgehead atoms. The summed E-state index contributed by atoms with van der Waals surface area (Å²) in [4.78, 5) is 54.3. The van der Waals surface area contributed by atoms with Gasteiger partial charge in [-0.1, -0.05) is 0 Å². The number of phosphoric acid groups is 3. The van der Waals surface area contributed by atoms with Crippen molar-refractivity contribution in [1.82, 2.24) is 0 Å². The number of phosphoric ester groups is 3. The first-order chi connectivity index (χ1) is 15.0. The Balaban J connectivity index is 2.36. The molecule has 9 atom stereocenters. The van der Waals surface area contributed by atoms with Crippen LogP contribution in [0.15, 0.2) is 0 Å². The summed E-state index contributed by atoms with van der Waals surface area (Å²) in [5.74, 6) is 0. The van der Waals surface area contributed by atoms with Crippen LogP contribution in [0.2, 0.25) is 0 Å². The Labute approximate surface area is 184 Å². The number of aliphatic hydroxyl groups is 4. The van der Waals surface area contributed by atoms with E-state index in [2.05, 4.69) is 13.6 Å². The fourth-order valence-corrected chi connectivity index (χ4v) is 4.84. The van der Waals surface area contributed by atoms with Gasteiger partial charge in [-0.15, -0.1) is 0 Å². The van der Waals surface area contributed by atoms with Gasteiger partial charge >= 0.3 is 23.5 Å². The first-order valence-electron chi connectivity index (χ1n) is 8.72. The summed E-state index contributed by atoms with van der Waals surface area (Å²) in [7, 11) is -16.1. The Hall–Kier alpha value is 0.0500. The van der Waals surface area contributed by atoms with Gasteiger partial charge in [0, 0.05) is 0 Å². The maximum atomic E-state index is 11.3. The molecule has 0 unspecified atom stereocenters. The standard InChI is InChI=1S/C11H23O19P3/c12-1-3-6(9(10(15)25-3)30-33(22,23)24)27-11-5(14)8(29-32(19,20)21)7(4(2-13)26-11)28-31(16,17)18/h3-15H,1-2H2,(H2,16,17,18)(H2,19,20,21)(H2,22,23,24)/t3-,4+,5+,6-,7-,8-,9-,10-,11-/m1/s1. The van der Waals surface area contributed by atoms with Crippen LogP contribution in [0, 0.1) is 0 Å². The lowest BCUT2D eigenvalue weighted by Crippen LogP contribution is -2.61. The Morgan fingerprint density at radius 2 is 1.06 bits per heavy atom. The second kappa shape index (κ2) is 11.0. The lowest BCUT2D eigenvalue weighted by Gasteiger charge is -2.44. The molecule has 2 aliphatic rings. The van der Waals surface area contributed by atoms with Gasteiger partial charge in [0.25, 0.3) is 0 Å². The second-order valence-corrected chi connectivity index (χ2v) is 10.3. The summed E-state index contributed by atoms with van der Waals surface area (Å²) in [6, 6.07) is 0. The number of rotatable bonds is 10. The summed E-state index contributed by atoms with van der Waals surface area (Å²) < 4.78 is 62.1. The van der Waals surface area contributed by atoms with Crippen LogP contribution >= 0.6 is 23.5 Å². The van der Waals surface area contributed by atoms with Crippen LogP contribution in [0.5, 0.6) is 0 Å². The smallest absolute Gasteiger partial charge is 0.394 e. The van der Waals surface area contributed by atoms with Crippen molar-refractivity contribution in [2.45, 2.75) is 55.3 Å². The highest BCUT2D eigenvalue weighted by Gasteiger charge is 2.55. The van der Waals surface area contributed by atoms with Gasteiger partial charge in [0.05, 0.1) is 13.2 Å². The summed E-state index contributed by atoms with van der Waals surface area (Å²) in [6.07, 6.45) is -18.1. The van der Waals surface area contributed by atoms with E-state index in [1.807, 2.05) is 0 Å². The molecule has 2 rings (SSSR count). The zero-order valence-electron chi connectivity index (χ0n) is 16.1. The molecule has 2 fully saturated rings. The maximum Gasteiger partial charge on any atom is 0.470 e. The summed E-state index contributed by atoms with van der Waals surface area (Å²) in [6.45, 7) is -2.03. The zero-order valence-corrected chi connectivity index (χ0v) is 18.8. The summed E-state index contributed by atoms with van der Waals surface area (Å²) >= 11 is 0. The van der Waals surface area contributed by atoms with E-state index in [1.54, 1.807) is 0 Å². The average Bonchev–Trinajstić information content (AvgIpc) is 2.92. The Kier molecular flexibility index (Phi) is 9.74. The molecule has 19 nitrogen and oxygen atoms in total. The first kappa shape index (κ1) is 29.3. The molecular formula is C11H23O19P3. The van der Waals surface area contributed by atoms with E-state index >= 15 is 0 Å². The minimum Gasteiger partial charge on any atom is -0.394 e. The quantitative estimate of drug-likeness (QED) is 0.114. The highest BCUT2D eigenvalue weighted by atomic mass is 31.2. The van der Waals surface area contributed by atoms with Crippen molar-refractivity contribution in [3.63, 3.8) is 0 Å². The van der Waals surface area contributed by atoms with E-state index in [0.29, 0.717) is 0 Å². The number of hydrogen-bond donors (Lipinski definition) is 10. The first-order valence-corrected chi connectivity index (χ1v) is 13.3. The molecule has 2 aliphatic heterocycles. The monoisotopic (exact) mass is 552 g/mol. The van der Waals surface area contributed by atoms with Gasteiger partial charge in [0.1, 0.15) is 42.7 Å². The van der Waals surface area contributed by atoms with Crippen LogP contribution in [0.25, 0.3) is 0 Å². The molecule has 0 aromatic carbocycles. The van der Waals surface area contributed by atoms with Crippen LogP contribution in [0.4, 0.5) is 0 Å². The lowest BCUT2D eigenvalue weighted by molar-refractivity contribution is -0.313. The Morgan fingerprint density at radius 3 is 1.52 bits per heavy atom. The average molecular weight is 552 g/mol. The number of ether oxygens (including phenoxy) is 3. The van der Waals surface area contributed by atoms with Crippen molar-refractivity contribution in [2.75, 3.05) is 13.2 Å². The third-order valence-corrected chi connectivity index (χ3v) is 5.88. The molecule has 0 saturated carbocycles. The van der Waals surface area contributed by atoms with Crippen LogP contribution < -0.4 is 0 Å². The third-order valence-electron chi connectivity index (χ3n) is 4.33. The van der Waals surface area contributed by atoms with Crippen molar-refractivity contribution in [2.24, 2.45) is 0 Å². The zero-order chi connectivity index (χ0) is 25.4. The van der Waals surface area contributed by atoms with Gasteiger partial charge in [0.15, 0.2) is 12.6 Å². The van der Waals surface area contributed by atoms with Gasteiger partial charge in [-0.05, 0) is 0 Å². The number of aliphatic hydroxyl groups excluding tert-OH is 4. The molecule has 10 N–H and O–H groups in total. The minimum absolute atomic E-state index is 0.915.